The zero-order valence-electron chi connectivity index (χ0n) is 15.0. The van der Waals surface area contributed by atoms with Crippen molar-refractivity contribution >= 4 is 21.6 Å². The average molecular weight is 399 g/mol. The van der Waals surface area contributed by atoms with Crippen molar-refractivity contribution in [1.29, 1.82) is 0 Å². The molecule has 1 aromatic heterocycles. The molecule has 0 aliphatic carbocycles. The number of hydrogen-bond donors (Lipinski definition) is 2. The van der Waals surface area contributed by atoms with E-state index in [1.165, 1.54) is 42.6 Å². The smallest absolute Gasteiger partial charge is 0.270 e. The monoisotopic (exact) mass is 399 g/mol. The molecule has 3 rings (SSSR count). The average Bonchev–Trinajstić information content (AvgIpc) is 2.67. The quantitative estimate of drug-likeness (QED) is 0.666. The molecule has 0 saturated heterocycles. The number of nitrogens with zero attached hydrogens (tertiary/aromatic N) is 1. The van der Waals surface area contributed by atoms with Gasteiger partial charge in [-0.25, -0.2) is 12.8 Å². The van der Waals surface area contributed by atoms with Crippen LogP contribution in [-0.2, 0) is 16.6 Å². The van der Waals surface area contributed by atoms with Crippen molar-refractivity contribution in [3.05, 3.63) is 89.5 Å². The van der Waals surface area contributed by atoms with Gasteiger partial charge in [-0.05, 0) is 48.9 Å². The molecule has 0 saturated carbocycles. The molecule has 1 heterocycles. The molecule has 0 aliphatic heterocycles. The van der Waals surface area contributed by atoms with E-state index in [1.54, 1.807) is 24.3 Å². The Kier molecular flexibility index (Phi) is 5.70. The number of aryl methyl sites for hydroxylation is 1. The highest BCUT2D eigenvalue weighted by Gasteiger charge is 2.15. The fourth-order valence-corrected chi connectivity index (χ4v) is 3.47. The number of benzene rings is 2. The van der Waals surface area contributed by atoms with Gasteiger partial charge in [-0.3, -0.25) is 14.5 Å². The van der Waals surface area contributed by atoms with Crippen molar-refractivity contribution in [3.63, 3.8) is 0 Å². The van der Waals surface area contributed by atoms with Gasteiger partial charge in [0.15, 0.2) is 0 Å². The van der Waals surface area contributed by atoms with Gasteiger partial charge in [0.1, 0.15) is 11.5 Å². The zero-order chi connectivity index (χ0) is 20.1. The third-order valence-electron chi connectivity index (χ3n) is 3.94. The van der Waals surface area contributed by atoms with Crippen LogP contribution >= 0.6 is 0 Å². The maximum atomic E-state index is 12.9. The number of carbonyl (C=O) groups excluding carboxylic acids is 1. The first-order chi connectivity index (χ1) is 13.3. The van der Waals surface area contributed by atoms with Crippen LogP contribution in [0.2, 0.25) is 0 Å². The first-order valence-electron chi connectivity index (χ1n) is 8.42. The van der Waals surface area contributed by atoms with Gasteiger partial charge in [-0.1, -0.05) is 29.8 Å². The molecule has 2 aromatic carbocycles. The first-order valence-corrected chi connectivity index (χ1v) is 9.90. The highest BCUT2D eigenvalue weighted by molar-refractivity contribution is 7.92. The van der Waals surface area contributed by atoms with E-state index >= 15 is 0 Å². The Bertz CT molecular complexity index is 1080. The van der Waals surface area contributed by atoms with Gasteiger partial charge >= 0.3 is 0 Å². The Morgan fingerprint density at radius 2 is 1.71 bits per heavy atom. The normalized spacial score (nSPS) is 11.1. The summed E-state index contributed by atoms with van der Waals surface area (Å²) >= 11 is 0. The lowest BCUT2D eigenvalue weighted by molar-refractivity contribution is 0.0946. The number of rotatable bonds is 6. The molecule has 8 heteroatoms. The van der Waals surface area contributed by atoms with E-state index in [2.05, 4.69) is 15.0 Å². The predicted octanol–water partition coefficient (Wildman–Crippen LogP) is 3.26. The molecule has 0 atom stereocenters. The van der Waals surface area contributed by atoms with Crippen LogP contribution in [0.1, 0.15) is 21.6 Å². The van der Waals surface area contributed by atoms with Crippen LogP contribution in [0.15, 0.2) is 71.8 Å². The van der Waals surface area contributed by atoms with E-state index in [9.17, 15) is 17.6 Å². The number of sulfonamides is 1. The highest BCUT2D eigenvalue weighted by atomic mass is 32.2. The van der Waals surface area contributed by atoms with Gasteiger partial charge in [-0.15, -0.1) is 0 Å². The van der Waals surface area contributed by atoms with Gasteiger partial charge < -0.3 is 5.32 Å². The maximum Gasteiger partial charge on any atom is 0.270 e. The van der Waals surface area contributed by atoms with Gasteiger partial charge in [0, 0.05) is 12.7 Å². The summed E-state index contributed by atoms with van der Waals surface area (Å²) < 4.78 is 40.3. The van der Waals surface area contributed by atoms with Crippen molar-refractivity contribution < 1.29 is 17.6 Å². The lowest BCUT2D eigenvalue weighted by Crippen LogP contribution is -2.24. The lowest BCUT2D eigenvalue weighted by Gasteiger charge is -2.10. The Hall–Kier alpha value is -3.26. The summed E-state index contributed by atoms with van der Waals surface area (Å²) in [5.74, 6) is -0.828. The van der Waals surface area contributed by atoms with E-state index in [-0.39, 0.29) is 28.6 Å². The first kappa shape index (κ1) is 19.5. The minimum Gasteiger partial charge on any atom is -0.347 e. The largest absolute Gasteiger partial charge is 0.347 e. The number of pyridine rings is 1. The Balaban J connectivity index is 1.70. The number of anilines is 1. The van der Waals surface area contributed by atoms with Crippen molar-refractivity contribution in [1.82, 2.24) is 10.3 Å². The van der Waals surface area contributed by atoms with Crippen LogP contribution in [0.25, 0.3) is 0 Å². The van der Waals surface area contributed by atoms with Crippen LogP contribution in [-0.4, -0.2) is 19.3 Å². The second-order valence-electron chi connectivity index (χ2n) is 6.16. The van der Waals surface area contributed by atoms with Crippen LogP contribution in [0.4, 0.5) is 10.1 Å². The molecule has 0 fully saturated rings. The summed E-state index contributed by atoms with van der Waals surface area (Å²) in [6, 6.07) is 15.0. The summed E-state index contributed by atoms with van der Waals surface area (Å²) in [6.45, 7) is 2.06. The Morgan fingerprint density at radius 3 is 2.39 bits per heavy atom. The minimum atomic E-state index is -3.78. The Labute approximate surface area is 162 Å². The molecule has 6 nitrogen and oxygen atoms in total. The number of hydrogen-bond acceptors (Lipinski definition) is 4. The molecule has 144 valence electrons. The SMILES string of the molecule is Cc1ccc(S(=O)(=O)Nc2ccnc(C(=O)NCc3ccc(F)cc3)c2)cc1. The molecule has 0 spiro atoms. The molecule has 0 bridgehead atoms. The van der Waals surface area contributed by atoms with Crippen molar-refractivity contribution in [2.75, 3.05) is 4.72 Å². The van der Waals surface area contributed by atoms with E-state index in [0.717, 1.165) is 11.1 Å². The van der Waals surface area contributed by atoms with Crippen LogP contribution < -0.4 is 10.0 Å². The number of halogens is 1. The second kappa shape index (κ2) is 8.18. The van der Waals surface area contributed by atoms with Crippen molar-refractivity contribution in [2.45, 2.75) is 18.4 Å². The molecular weight excluding hydrogens is 381 g/mol. The molecule has 0 radical (unpaired) electrons. The minimum absolute atomic E-state index is 0.0613. The standard InChI is InChI=1S/C20H18FN3O3S/c1-14-2-8-18(9-3-14)28(26,27)24-17-10-11-22-19(12-17)20(25)23-13-15-4-6-16(21)7-5-15/h2-12H,13H2,1H3,(H,22,24)(H,23,25). The second-order valence-corrected chi connectivity index (χ2v) is 7.84. The summed E-state index contributed by atoms with van der Waals surface area (Å²) in [7, 11) is -3.78. The summed E-state index contributed by atoms with van der Waals surface area (Å²) in [6.07, 6.45) is 1.35. The summed E-state index contributed by atoms with van der Waals surface area (Å²) in [5.41, 5.74) is 1.96. The van der Waals surface area contributed by atoms with Crippen LogP contribution in [0.3, 0.4) is 0 Å². The third kappa shape index (κ3) is 4.92. The molecule has 0 unspecified atom stereocenters. The van der Waals surface area contributed by atoms with Gasteiger partial charge in [0.05, 0.1) is 10.6 Å². The van der Waals surface area contributed by atoms with Crippen LogP contribution in [0.5, 0.6) is 0 Å². The summed E-state index contributed by atoms with van der Waals surface area (Å²) in [4.78, 5) is 16.4. The van der Waals surface area contributed by atoms with E-state index in [0.29, 0.717) is 0 Å². The number of amides is 1. The zero-order valence-corrected chi connectivity index (χ0v) is 15.8. The van der Waals surface area contributed by atoms with Crippen molar-refractivity contribution in [3.8, 4) is 0 Å². The fourth-order valence-electron chi connectivity index (χ4n) is 2.42. The molecule has 28 heavy (non-hydrogen) atoms. The van der Waals surface area contributed by atoms with Gasteiger partial charge in [0.2, 0.25) is 0 Å². The molecule has 3 aromatic rings. The van der Waals surface area contributed by atoms with Crippen molar-refractivity contribution in [2.24, 2.45) is 0 Å². The maximum absolute atomic E-state index is 12.9. The Morgan fingerprint density at radius 1 is 1.04 bits per heavy atom. The fraction of sp³-hybridized carbons (Fsp3) is 0.100. The van der Waals surface area contributed by atoms with E-state index in [4.69, 9.17) is 0 Å². The van der Waals surface area contributed by atoms with E-state index < -0.39 is 15.9 Å². The van der Waals surface area contributed by atoms with Gasteiger partial charge in [-0.2, -0.15) is 0 Å². The molecular formula is C20H18FN3O3S. The topological polar surface area (TPSA) is 88.2 Å². The number of aromatic nitrogens is 1. The number of carbonyl (C=O) groups is 1. The molecule has 2 N–H and O–H groups in total. The predicted molar refractivity (Wildman–Crippen MR) is 104 cm³/mol. The number of nitrogens with one attached hydrogen (secondary N) is 2. The van der Waals surface area contributed by atoms with Gasteiger partial charge in [0.25, 0.3) is 15.9 Å². The van der Waals surface area contributed by atoms with Crippen LogP contribution in [0, 0.1) is 12.7 Å². The lowest BCUT2D eigenvalue weighted by atomic mass is 10.2. The molecule has 1 amide bonds. The van der Waals surface area contributed by atoms with E-state index in [1.807, 2.05) is 6.92 Å². The third-order valence-corrected chi connectivity index (χ3v) is 5.34. The summed E-state index contributed by atoms with van der Waals surface area (Å²) in [5, 5.41) is 2.66. The highest BCUT2D eigenvalue weighted by Crippen LogP contribution is 2.17. The molecule has 0 aliphatic rings.